The number of β-amino-alcohol motifs (C(OH)–C–C–N with tert-alkyl or cyclic N) is 1. The van der Waals surface area contributed by atoms with Crippen molar-refractivity contribution in [3.63, 3.8) is 0 Å². The van der Waals surface area contributed by atoms with Crippen LogP contribution < -0.4 is 14.5 Å². The fourth-order valence-electron chi connectivity index (χ4n) is 6.80. The minimum Gasteiger partial charge on any atom is -0.494 e. The number of rotatable bonds is 12. The first-order chi connectivity index (χ1) is 20.3. The topological polar surface area (TPSA) is 99.6 Å². The van der Waals surface area contributed by atoms with Crippen molar-refractivity contribution in [3.8, 4) is 5.75 Å². The molecule has 3 saturated heterocycles. The summed E-state index contributed by atoms with van der Waals surface area (Å²) >= 11 is 6.09. The number of hydrogen-bond acceptors (Lipinski definition) is 6. The van der Waals surface area contributed by atoms with Gasteiger partial charge in [-0.3, -0.25) is 14.4 Å². The number of halogens is 1. The van der Waals surface area contributed by atoms with Crippen molar-refractivity contribution in [1.29, 1.82) is 0 Å². The maximum absolute atomic E-state index is 14.4. The van der Waals surface area contributed by atoms with E-state index in [0.29, 0.717) is 41.6 Å². The molecule has 3 aliphatic rings. The molecule has 2 aromatic rings. The minimum absolute atomic E-state index is 0.0553. The molecular formula is C32H36ClN3O6. The molecule has 0 radical (unpaired) electrons. The van der Waals surface area contributed by atoms with Crippen molar-refractivity contribution in [2.45, 2.75) is 37.5 Å². The second-order valence-electron chi connectivity index (χ2n) is 10.7. The van der Waals surface area contributed by atoms with E-state index in [1.165, 1.54) is 4.90 Å². The summed E-state index contributed by atoms with van der Waals surface area (Å²) in [5, 5.41) is 10.4. The molecule has 9 nitrogen and oxygen atoms in total. The Bertz CT molecular complexity index is 1350. The van der Waals surface area contributed by atoms with Gasteiger partial charge in [-0.1, -0.05) is 23.8 Å². The number of aliphatic hydroxyl groups is 1. The summed E-state index contributed by atoms with van der Waals surface area (Å²) in [6, 6.07) is 13.0. The van der Waals surface area contributed by atoms with Gasteiger partial charge in [-0.25, -0.2) is 0 Å². The summed E-state index contributed by atoms with van der Waals surface area (Å²) in [6.45, 7) is 10.1. The number of anilines is 2. The number of likely N-dealkylation sites (tertiary alicyclic amines) is 1. The van der Waals surface area contributed by atoms with E-state index in [9.17, 15) is 19.5 Å². The highest BCUT2D eigenvalue weighted by molar-refractivity contribution is 6.30. The summed E-state index contributed by atoms with van der Waals surface area (Å²) in [5.41, 5.74) is 0.0394. The summed E-state index contributed by atoms with van der Waals surface area (Å²) in [5.74, 6) is -1.95. The summed E-state index contributed by atoms with van der Waals surface area (Å²) in [4.78, 5) is 47.3. The molecule has 0 aliphatic carbocycles. The Labute approximate surface area is 250 Å². The quantitative estimate of drug-likeness (QED) is 0.376. The lowest BCUT2D eigenvalue weighted by Gasteiger charge is -2.36. The fourth-order valence-corrected chi connectivity index (χ4v) is 6.93. The van der Waals surface area contributed by atoms with Crippen LogP contribution in [-0.2, 0) is 19.1 Å². The van der Waals surface area contributed by atoms with Gasteiger partial charge >= 0.3 is 0 Å². The van der Waals surface area contributed by atoms with Crippen LogP contribution in [0, 0.1) is 11.8 Å². The first-order valence-corrected chi connectivity index (χ1v) is 14.6. The van der Waals surface area contributed by atoms with Crippen molar-refractivity contribution in [1.82, 2.24) is 4.90 Å². The maximum atomic E-state index is 14.4. The molecule has 3 fully saturated rings. The Morgan fingerprint density at radius 3 is 2.24 bits per heavy atom. The van der Waals surface area contributed by atoms with Gasteiger partial charge in [0.1, 0.15) is 17.4 Å². The predicted molar refractivity (Wildman–Crippen MR) is 161 cm³/mol. The summed E-state index contributed by atoms with van der Waals surface area (Å²) in [6.07, 6.45) is 3.71. The zero-order valence-corrected chi connectivity index (χ0v) is 24.4. The molecule has 1 spiro atoms. The number of benzene rings is 2. The second-order valence-corrected chi connectivity index (χ2v) is 11.1. The average molecular weight is 594 g/mol. The Hall–Kier alpha value is -3.66. The number of ether oxygens (including phenoxy) is 2. The van der Waals surface area contributed by atoms with Crippen LogP contribution in [0.4, 0.5) is 11.4 Å². The molecular weight excluding hydrogens is 558 g/mol. The Morgan fingerprint density at radius 2 is 1.67 bits per heavy atom. The van der Waals surface area contributed by atoms with Crippen molar-refractivity contribution in [2.24, 2.45) is 11.8 Å². The van der Waals surface area contributed by atoms with Gasteiger partial charge in [0.05, 0.1) is 31.2 Å². The highest BCUT2D eigenvalue weighted by atomic mass is 35.5. The Morgan fingerprint density at radius 1 is 1.07 bits per heavy atom. The van der Waals surface area contributed by atoms with Gasteiger partial charge in [0.2, 0.25) is 11.8 Å². The highest BCUT2D eigenvalue weighted by Crippen LogP contribution is 2.59. The van der Waals surface area contributed by atoms with Gasteiger partial charge in [0.25, 0.3) is 5.91 Å². The van der Waals surface area contributed by atoms with Crippen LogP contribution in [0.25, 0.3) is 0 Å². The van der Waals surface area contributed by atoms with Crippen molar-refractivity contribution < 1.29 is 29.0 Å². The lowest BCUT2D eigenvalue weighted by Crippen LogP contribution is -2.57. The Balaban J connectivity index is 1.51. The van der Waals surface area contributed by atoms with Crippen LogP contribution in [0.5, 0.6) is 5.75 Å². The molecule has 5 rings (SSSR count). The molecule has 5 atom stereocenters. The van der Waals surface area contributed by atoms with E-state index >= 15 is 0 Å². The van der Waals surface area contributed by atoms with Crippen molar-refractivity contribution >= 4 is 40.7 Å². The van der Waals surface area contributed by atoms with Crippen LogP contribution in [0.15, 0.2) is 73.8 Å². The van der Waals surface area contributed by atoms with E-state index in [1.807, 2.05) is 6.92 Å². The van der Waals surface area contributed by atoms with Gasteiger partial charge in [-0.05, 0) is 68.3 Å². The first kappa shape index (κ1) is 29.8. The van der Waals surface area contributed by atoms with Crippen molar-refractivity contribution in [2.75, 3.05) is 42.6 Å². The third-order valence-electron chi connectivity index (χ3n) is 8.41. The van der Waals surface area contributed by atoms with Crippen LogP contribution in [0.2, 0.25) is 5.02 Å². The molecule has 0 saturated carbocycles. The van der Waals surface area contributed by atoms with E-state index in [-0.39, 0.29) is 44.0 Å². The highest BCUT2D eigenvalue weighted by Gasteiger charge is 2.75. The van der Waals surface area contributed by atoms with Gasteiger partial charge in [0, 0.05) is 36.0 Å². The smallest absolute Gasteiger partial charge is 0.253 e. The van der Waals surface area contributed by atoms with Crippen LogP contribution in [0.3, 0.4) is 0 Å². The number of fused-ring (bicyclic) bond motifs is 1. The lowest BCUT2D eigenvalue weighted by molar-refractivity contribution is -0.141. The van der Waals surface area contributed by atoms with E-state index < -0.39 is 29.6 Å². The minimum atomic E-state index is -1.20. The summed E-state index contributed by atoms with van der Waals surface area (Å²) in [7, 11) is 0. The standard InChI is InChI=1S/C32H36ClN3O6/c1-4-17-34(23-11-13-24(14-12-23)41-6-3)29(38)26-25-15-16-32(42-25)27(26)30(39)36(19-20-37)28(32)31(40)35(18-5-2)22-9-7-21(33)8-10-22/h4-5,7-14,25-28,37H,1-2,6,15-20H2,3H3/t25-,26+,27+,28?,32?/m1/s1. The normalized spacial score (nSPS) is 25.7. The van der Waals surface area contributed by atoms with Crippen LogP contribution in [0.1, 0.15) is 19.8 Å². The predicted octanol–water partition coefficient (Wildman–Crippen LogP) is 3.84. The first-order valence-electron chi connectivity index (χ1n) is 14.2. The SMILES string of the molecule is C=CCN(C(=O)C1N(CCO)C(=O)[C@@H]2[C@@H](C(=O)N(CC=C)c3ccc(OCC)cc3)[C@H]3CCC12O3)c1ccc(Cl)cc1. The molecule has 2 unspecified atom stereocenters. The van der Waals surface area contributed by atoms with Gasteiger partial charge < -0.3 is 29.3 Å². The third kappa shape index (κ3) is 4.99. The van der Waals surface area contributed by atoms with E-state index in [1.54, 1.807) is 70.5 Å². The monoisotopic (exact) mass is 593 g/mol. The molecule has 1 N–H and O–H groups in total. The Kier molecular flexibility index (Phi) is 8.73. The van der Waals surface area contributed by atoms with E-state index in [4.69, 9.17) is 21.1 Å². The summed E-state index contributed by atoms with van der Waals surface area (Å²) < 4.78 is 12.1. The molecule has 3 amide bonds. The number of aliphatic hydroxyl groups excluding tert-OH is 1. The molecule has 222 valence electrons. The van der Waals surface area contributed by atoms with Gasteiger partial charge in [-0.15, -0.1) is 13.2 Å². The van der Waals surface area contributed by atoms with E-state index in [2.05, 4.69) is 13.2 Å². The number of nitrogens with zero attached hydrogens (tertiary/aromatic N) is 3. The molecule has 2 aromatic carbocycles. The van der Waals surface area contributed by atoms with Crippen LogP contribution in [-0.4, -0.2) is 78.3 Å². The average Bonchev–Trinajstić information content (AvgIpc) is 3.63. The molecule has 2 bridgehead atoms. The number of hydrogen-bond donors (Lipinski definition) is 1. The molecule has 0 aromatic heterocycles. The van der Waals surface area contributed by atoms with Crippen molar-refractivity contribution in [3.05, 3.63) is 78.9 Å². The number of amides is 3. The third-order valence-corrected chi connectivity index (χ3v) is 8.67. The van der Waals surface area contributed by atoms with Gasteiger partial charge in [-0.2, -0.15) is 0 Å². The second kappa shape index (κ2) is 12.3. The number of carbonyl (C=O) groups is 3. The van der Waals surface area contributed by atoms with E-state index in [0.717, 1.165) is 0 Å². The molecule has 3 aliphatic heterocycles. The molecule has 42 heavy (non-hydrogen) atoms. The zero-order chi connectivity index (χ0) is 30.0. The van der Waals surface area contributed by atoms with Crippen LogP contribution >= 0.6 is 11.6 Å². The maximum Gasteiger partial charge on any atom is 0.253 e. The number of carbonyl (C=O) groups excluding carboxylic acids is 3. The zero-order valence-electron chi connectivity index (χ0n) is 23.7. The molecule has 3 heterocycles. The fraction of sp³-hybridized carbons (Fsp3) is 0.406. The lowest BCUT2D eigenvalue weighted by atomic mass is 9.70. The van der Waals surface area contributed by atoms with Gasteiger partial charge in [0.15, 0.2) is 0 Å². The molecule has 10 heteroatoms. The largest absolute Gasteiger partial charge is 0.494 e.